The molecule has 0 spiro atoms. The van der Waals surface area contributed by atoms with Crippen molar-refractivity contribution >= 4 is 44.5 Å². The number of H-pyrrole nitrogens is 1. The summed E-state index contributed by atoms with van der Waals surface area (Å²) in [6.45, 7) is 2.11. The van der Waals surface area contributed by atoms with Gasteiger partial charge in [0.25, 0.3) is 0 Å². The number of nitrogens with two attached hydrogens (primary N) is 1. The molecule has 1 aromatic carbocycles. The van der Waals surface area contributed by atoms with Crippen LogP contribution in [0.25, 0.3) is 16.7 Å². The van der Waals surface area contributed by atoms with E-state index in [2.05, 4.69) is 51.2 Å². The van der Waals surface area contributed by atoms with Gasteiger partial charge in [-0.2, -0.15) is 19.6 Å². The molecule has 1 aliphatic heterocycles. The molecule has 4 heterocycles. The minimum atomic E-state index is 0.158. The third-order valence-electron chi connectivity index (χ3n) is 4.67. The number of halogens is 1. The van der Waals surface area contributed by atoms with Crippen LogP contribution in [-0.2, 0) is 6.54 Å². The van der Waals surface area contributed by atoms with Crippen LogP contribution in [0.3, 0.4) is 0 Å². The van der Waals surface area contributed by atoms with Crippen molar-refractivity contribution in [2.24, 2.45) is 5.73 Å². The number of hydrogen-bond acceptors (Lipinski definition) is 7. The van der Waals surface area contributed by atoms with Gasteiger partial charge in [-0.3, -0.25) is 0 Å². The number of nitrogens with zero attached hydrogens (tertiary/aromatic N) is 6. The molecular formula is C17H18BrN9. The van der Waals surface area contributed by atoms with E-state index in [4.69, 9.17) is 5.73 Å². The maximum Gasteiger partial charge on any atom is 0.230 e. The minimum Gasteiger partial charge on any atom is -0.347 e. The van der Waals surface area contributed by atoms with Crippen molar-refractivity contribution in [3.05, 3.63) is 40.8 Å². The molecule has 138 valence electrons. The molecule has 0 saturated carbocycles. The molecular weight excluding hydrogens is 410 g/mol. The van der Waals surface area contributed by atoms with Crippen LogP contribution in [0.15, 0.2) is 34.9 Å². The SMILES string of the molecule is NC1CCN(c2nc(NCc3nc4ccccc4[nH]3)n3ncc(Br)c3n2)C1. The van der Waals surface area contributed by atoms with Crippen LogP contribution in [0, 0.1) is 0 Å². The Balaban J connectivity index is 1.47. The molecule has 27 heavy (non-hydrogen) atoms. The molecule has 1 fully saturated rings. The lowest BCUT2D eigenvalue weighted by Crippen LogP contribution is -2.28. The van der Waals surface area contributed by atoms with Crippen LogP contribution in [0.1, 0.15) is 12.2 Å². The predicted molar refractivity (Wildman–Crippen MR) is 107 cm³/mol. The summed E-state index contributed by atoms with van der Waals surface area (Å²) in [6, 6.07) is 8.11. The normalized spacial score (nSPS) is 17.3. The second kappa shape index (κ2) is 6.46. The number of nitrogens with one attached hydrogen (secondary N) is 2. The number of benzene rings is 1. The summed E-state index contributed by atoms with van der Waals surface area (Å²) in [4.78, 5) is 19.4. The molecule has 0 amide bonds. The largest absolute Gasteiger partial charge is 0.347 e. The summed E-state index contributed by atoms with van der Waals surface area (Å²) in [5, 5.41) is 7.69. The van der Waals surface area contributed by atoms with Gasteiger partial charge < -0.3 is 20.9 Å². The first-order chi connectivity index (χ1) is 13.2. The fourth-order valence-electron chi connectivity index (χ4n) is 3.32. The van der Waals surface area contributed by atoms with E-state index in [0.717, 1.165) is 40.8 Å². The average Bonchev–Trinajstić information content (AvgIpc) is 3.38. The van der Waals surface area contributed by atoms with Crippen LogP contribution in [0.5, 0.6) is 0 Å². The second-order valence-electron chi connectivity index (χ2n) is 6.62. The molecule has 9 nitrogen and oxygen atoms in total. The Morgan fingerprint density at radius 2 is 2.15 bits per heavy atom. The number of para-hydroxylation sites is 2. The van der Waals surface area contributed by atoms with E-state index in [-0.39, 0.29) is 6.04 Å². The Bertz CT molecular complexity index is 1090. The molecule has 4 N–H and O–H groups in total. The number of aromatic amines is 1. The molecule has 0 radical (unpaired) electrons. The Hall–Kier alpha value is -2.72. The Kier molecular flexibility index (Phi) is 3.94. The van der Waals surface area contributed by atoms with Gasteiger partial charge in [-0.25, -0.2) is 4.98 Å². The maximum atomic E-state index is 6.04. The monoisotopic (exact) mass is 427 g/mol. The van der Waals surface area contributed by atoms with Gasteiger partial charge in [0.1, 0.15) is 5.82 Å². The van der Waals surface area contributed by atoms with Gasteiger partial charge in [-0.15, -0.1) is 0 Å². The first-order valence-corrected chi connectivity index (χ1v) is 9.56. The van der Waals surface area contributed by atoms with Crippen molar-refractivity contribution in [1.82, 2.24) is 29.5 Å². The number of rotatable bonds is 4. The van der Waals surface area contributed by atoms with Gasteiger partial charge in [-0.1, -0.05) is 12.1 Å². The number of fused-ring (bicyclic) bond motifs is 2. The van der Waals surface area contributed by atoms with Crippen LogP contribution < -0.4 is 16.0 Å². The fourth-order valence-corrected chi connectivity index (χ4v) is 3.66. The highest BCUT2D eigenvalue weighted by Crippen LogP contribution is 2.23. The fraction of sp³-hybridized carbons (Fsp3) is 0.294. The third-order valence-corrected chi connectivity index (χ3v) is 5.23. The lowest BCUT2D eigenvalue weighted by atomic mass is 10.3. The number of aromatic nitrogens is 6. The number of hydrogen-bond donors (Lipinski definition) is 3. The highest BCUT2D eigenvalue weighted by atomic mass is 79.9. The van der Waals surface area contributed by atoms with Crippen molar-refractivity contribution in [3.8, 4) is 0 Å². The summed E-state index contributed by atoms with van der Waals surface area (Å²) in [7, 11) is 0. The molecule has 1 saturated heterocycles. The molecule has 0 aliphatic carbocycles. The quantitative estimate of drug-likeness (QED) is 0.455. The Morgan fingerprint density at radius 1 is 1.26 bits per heavy atom. The van der Waals surface area contributed by atoms with Gasteiger partial charge in [-0.05, 0) is 34.5 Å². The van der Waals surface area contributed by atoms with Crippen LogP contribution in [-0.4, -0.2) is 48.7 Å². The van der Waals surface area contributed by atoms with E-state index < -0.39 is 0 Å². The minimum absolute atomic E-state index is 0.158. The summed E-state index contributed by atoms with van der Waals surface area (Å²) in [6.07, 6.45) is 2.66. The second-order valence-corrected chi connectivity index (χ2v) is 7.48. The van der Waals surface area contributed by atoms with Crippen LogP contribution >= 0.6 is 15.9 Å². The van der Waals surface area contributed by atoms with Crippen molar-refractivity contribution in [2.75, 3.05) is 23.3 Å². The predicted octanol–water partition coefficient (Wildman–Crippen LogP) is 1.91. The van der Waals surface area contributed by atoms with Gasteiger partial charge in [0.05, 0.1) is 28.2 Å². The summed E-state index contributed by atoms with van der Waals surface area (Å²) < 4.78 is 2.51. The first-order valence-electron chi connectivity index (χ1n) is 8.77. The molecule has 4 aromatic rings. The molecule has 0 bridgehead atoms. The van der Waals surface area contributed by atoms with E-state index >= 15 is 0 Å². The lowest BCUT2D eigenvalue weighted by molar-refractivity contribution is 0.749. The van der Waals surface area contributed by atoms with E-state index in [1.807, 2.05) is 24.3 Å². The molecule has 10 heteroatoms. The maximum absolute atomic E-state index is 6.04. The molecule has 3 aromatic heterocycles. The molecule has 1 atom stereocenters. The Morgan fingerprint density at radius 3 is 2.96 bits per heavy atom. The van der Waals surface area contributed by atoms with E-state index in [9.17, 15) is 0 Å². The first kappa shape index (κ1) is 16.5. The topological polar surface area (TPSA) is 113 Å². The number of anilines is 2. The van der Waals surface area contributed by atoms with E-state index in [0.29, 0.717) is 24.1 Å². The van der Waals surface area contributed by atoms with Crippen LogP contribution in [0.2, 0.25) is 0 Å². The van der Waals surface area contributed by atoms with E-state index in [1.54, 1.807) is 10.7 Å². The Labute approximate surface area is 163 Å². The average molecular weight is 428 g/mol. The van der Waals surface area contributed by atoms with Crippen LogP contribution in [0.4, 0.5) is 11.9 Å². The zero-order chi connectivity index (χ0) is 18.4. The zero-order valence-corrected chi connectivity index (χ0v) is 16.0. The third kappa shape index (κ3) is 3.00. The molecule has 5 rings (SSSR count). The summed E-state index contributed by atoms with van der Waals surface area (Å²) >= 11 is 3.51. The van der Waals surface area contributed by atoms with Gasteiger partial charge in [0.2, 0.25) is 11.9 Å². The van der Waals surface area contributed by atoms with Gasteiger partial charge in [0.15, 0.2) is 5.65 Å². The van der Waals surface area contributed by atoms with Crippen molar-refractivity contribution in [3.63, 3.8) is 0 Å². The molecule has 1 unspecified atom stereocenters. The van der Waals surface area contributed by atoms with Crippen molar-refractivity contribution in [2.45, 2.75) is 19.0 Å². The highest BCUT2D eigenvalue weighted by molar-refractivity contribution is 9.10. The van der Waals surface area contributed by atoms with E-state index in [1.165, 1.54) is 0 Å². The lowest BCUT2D eigenvalue weighted by Gasteiger charge is -2.17. The number of imidazole rings is 1. The summed E-state index contributed by atoms with van der Waals surface area (Å²) in [5.41, 5.74) is 8.71. The van der Waals surface area contributed by atoms with Gasteiger partial charge >= 0.3 is 0 Å². The smallest absolute Gasteiger partial charge is 0.230 e. The highest BCUT2D eigenvalue weighted by Gasteiger charge is 2.23. The van der Waals surface area contributed by atoms with Crippen molar-refractivity contribution < 1.29 is 0 Å². The standard InChI is InChI=1S/C17H18BrN9/c18-11-7-21-27-15(11)24-17(26-6-5-10(19)9-26)25-16(27)20-8-14-22-12-3-1-2-4-13(12)23-14/h1-4,7,10H,5-6,8-9,19H2,(H,22,23)(H,20,24,25). The molecule has 1 aliphatic rings. The summed E-state index contributed by atoms with van der Waals surface area (Å²) in [5.74, 6) is 2.10. The van der Waals surface area contributed by atoms with Gasteiger partial charge in [0, 0.05) is 19.1 Å². The van der Waals surface area contributed by atoms with Crippen molar-refractivity contribution in [1.29, 1.82) is 0 Å². The zero-order valence-electron chi connectivity index (χ0n) is 14.4.